The standard InChI is InChI=1S/C15H13BrN2O5/c1-21-14(19)12(15(20)22-2)11-8-5-7(16)3-4-10(8)23-13(18)9(11)6-17/h3-5,11-12H,18H2,1-2H3/t11-/m1/s1. The van der Waals surface area contributed by atoms with Gasteiger partial charge in [0, 0.05) is 10.0 Å². The lowest BCUT2D eigenvalue weighted by Gasteiger charge is -2.29. The number of hydrogen-bond acceptors (Lipinski definition) is 7. The van der Waals surface area contributed by atoms with Gasteiger partial charge in [0.15, 0.2) is 5.92 Å². The molecule has 0 saturated heterocycles. The van der Waals surface area contributed by atoms with E-state index in [1.54, 1.807) is 18.2 Å². The SMILES string of the molecule is COC(=O)C(C(=O)OC)[C@H]1C(C#N)=C(N)Oc2ccc(Br)cc21. The zero-order chi connectivity index (χ0) is 17.1. The first-order valence-electron chi connectivity index (χ1n) is 6.47. The van der Waals surface area contributed by atoms with Crippen molar-refractivity contribution in [1.29, 1.82) is 5.26 Å². The van der Waals surface area contributed by atoms with Crippen molar-refractivity contribution in [3.8, 4) is 11.8 Å². The lowest BCUT2D eigenvalue weighted by Crippen LogP contribution is -2.36. The number of halogens is 1. The van der Waals surface area contributed by atoms with E-state index in [4.69, 9.17) is 19.9 Å². The molecule has 1 heterocycles. The Labute approximate surface area is 140 Å². The van der Waals surface area contributed by atoms with Gasteiger partial charge in [0.05, 0.1) is 25.7 Å². The minimum absolute atomic E-state index is 0.0311. The number of hydrogen-bond donors (Lipinski definition) is 1. The quantitative estimate of drug-likeness (QED) is 0.625. The first kappa shape index (κ1) is 16.8. The number of nitrogens with zero attached hydrogens (tertiary/aromatic N) is 1. The minimum atomic E-state index is -1.37. The number of benzene rings is 1. The van der Waals surface area contributed by atoms with Crippen molar-refractivity contribution < 1.29 is 23.8 Å². The molecular weight excluding hydrogens is 368 g/mol. The van der Waals surface area contributed by atoms with Crippen molar-refractivity contribution in [2.24, 2.45) is 11.7 Å². The number of carbonyl (C=O) groups excluding carboxylic acids is 2. The third-order valence-electron chi connectivity index (χ3n) is 3.47. The maximum absolute atomic E-state index is 12.1. The molecule has 0 saturated carbocycles. The molecular formula is C15H13BrN2O5. The van der Waals surface area contributed by atoms with Gasteiger partial charge in [-0.2, -0.15) is 5.26 Å². The fraction of sp³-hybridized carbons (Fsp3) is 0.267. The highest BCUT2D eigenvalue weighted by atomic mass is 79.9. The first-order valence-corrected chi connectivity index (χ1v) is 7.26. The number of esters is 2. The van der Waals surface area contributed by atoms with Crippen molar-refractivity contribution >= 4 is 27.9 Å². The maximum atomic E-state index is 12.1. The van der Waals surface area contributed by atoms with Gasteiger partial charge in [-0.3, -0.25) is 9.59 Å². The van der Waals surface area contributed by atoms with Crippen LogP contribution in [0.3, 0.4) is 0 Å². The van der Waals surface area contributed by atoms with Gasteiger partial charge in [-0.05, 0) is 18.2 Å². The molecule has 23 heavy (non-hydrogen) atoms. The largest absolute Gasteiger partial charge is 0.468 e. The molecule has 0 radical (unpaired) electrons. The number of nitriles is 1. The third-order valence-corrected chi connectivity index (χ3v) is 3.96. The molecule has 7 nitrogen and oxygen atoms in total. The Hall–Kier alpha value is -2.53. The van der Waals surface area contributed by atoms with Gasteiger partial charge < -0.3 is 19.9 Å². The van der Waals surface area contributed by atoms with E-state index in [1.165, 1.54) is 0 Å². The van der Waals surface area contributed by atoms with Crippen LogP contribution in [-0.2, 0) is 19.1 Å². The average molecular weight is 381 g/mol. The molecule has 1 aliphatic heterocycles. The predicted octanol–water partition coefficient (Wildman–Crippen LogP) is 1.58. The first-order chi connectivity index (χ1) is 10.9. The number of rotatable bonds is 3. The van der Waals surface area contributed by atoms with Crippen LogP contribution in [0.15, 0.2) is 34.1 Å². The van der Waals surface area contributed by atoms with Crippen LogP contribution in [-0.4, -0.2) is 26.2 Å². The van der Waals surface area contributed by atoms with Crippen LogP contribution < -0.4 is 10.5 Å². The molecule has 8 heteroatoms. The highest BCUT2D eigenvalue weighted by molar-refractivity contribution is 9.10. The van der Waals surface area contributed by atoms with Gasteiger partial charge in [-0.15, -0.1) is 0 Å². The van der Waals surface area contributed by atoms with E-state index in [0.717, 1.165) is 14.2 Å². The van der Waals surface area contributed by atoms with Crippen molar-refractivity contribution in [2.75, 3.05) is 14.2 Å². The molecule has 1 atom stereocenters. The molecule has 1 aromatic carbocycles. The number of carbonyl (C=O) groups is 2. The second-order valence-electron chi connectivity index (χ2n) is 4.68. The van der Waals surface area contributed by atoms with E-state index in [1.807, 2.05) is 6.07 Å². The molecule has 1 aliphatic rings. The van der Waals surface area contributed by atoms with Crippen molar-refractivity contribution in [3.05, 3.63) is 39.7 Å². The summed E-state index contributed by atoms with van der Waals surface area (Å²) in [7, 11) is 2.30. The predicted molar refractivity (Wildman–Crippen MR) is 81.9 cm³/mol. The summed E-state index contributed by atoms with van der Waals surface area (Å²) in [6, 6.07) is 6.89. The van der Waals surface area contributed by atoms with E-state index in [9.17, 15) is 14.9 Å². The lowest BCUT2D eigenvalue weighted by molar-refractivity contribution is -0.159. The zero-order valence-electron chi connectivity index (χ0n) is 12.3. The Morgan fingerprint density at radius 1 is 1.35 bits per heavy atom. The summed E-state index contributed by atoms with van der Waals surface area (Å²) in [6.07, 6.45) is 0. The van der Waals surface area contributed by atoms with E-state index in [-0.39, 0.29) is 11.5 Å². The number of ether oxygens (including phenoxy) is 3. The van der Waals surface area contributed by atoms with Crippen molar-refractivity contribution in [1.82, 2.24) is 0 Å². The number of fused-ring (bicyclic) bond motifs is 1. The molecule has 120 valence electrons. The summed E-state index contributed by atoms with van der Waals surface area (Å²) in [6.45, 7) is 0. The Bertz CT molecular complexity index is 722. The molecule has 2 rings (SSSR count). The molecule has 0 aromatic heterocycles. The highest BCUT2D eigenvalue weighted by Crippen LogP contribution is 2.44. The number of allylic oxidation sites excluding steroid dienone is 1. The number of nitrogens with two attached hydrogens (primary N) is 1. The fourth-order valence-electron chi connectivity index (χ4n) is 2.43. The smallest absolute Gasteiger partial charge is 0.321 e. The average Bonchev–Trinajstić information content (AvgIpc) is 2.55. The molecule has 1 aromatic rings. The Morgan fingerprint density at radius 2 is 1.96 bits per heavy atom. The summed E-state index contributed by atoms with van der Waals surface area (Å²) < 4.78 is 15.5. The van der Waals surface area contributed by atoms with E-state index in [0.29, 0.717) is 15.8 Å². The molecule has 0 bridgehead atoms. The highest BCUT2D eigenvalue weighted by Gasteiger charge is 2.44. The van der Waals surface area contributed by atoms with Crippen LogP contribution in [0.2, 0.25) is 0 Å². The topological polar surface area (TPSA) is 112 Å². The van der Waals surface area contributed by atoms with Gasteiger partial charge in [0.1, 0.15) is 11.8 Å². The molecule has 0 unspecified atom stereocenters. The Balaban J connectivity index is 2.69. The lowest BCUT2D eigenvalue weighted by atomic mass is 9.79. The molecule has 0 fully saturated rings. The van der Waals surface area contributed by atoms with Gasteiger partial charge in [0.25, 0.3) is 0 Å². The maximum Gasteiger partial charge on any atom is 0.321 e. The van der Waals surface area contributed by atoms with Gasteiger partial charge in [-0.25, -0.2) is 0 Å². The van der Waals surface area contributed by atoms with E-state index in [2.05, 4.69) is 15.9 Å². The zero-order valence-corrected chi connectivity index (χ0v) is 13.9. The summed E-state index contributed by atoms with van der Waals surface area (Å²) in [5.41, 5.74) is 6.21. The monoisotopic (exact) mass is 380 g/mol. The van der Waals surface area contributed by atoms with Crippen molar-refractivity contribution in [2.45, 2.75) is 5.92 Å². The number of methoxy groups -OCH3 is 2. The van der Waals surface area contributed by atoms with Crippen LogP contribution in [0.25, 0.3) is 0 Å². The fourth-order valence-corrected chi connectivity index (χ4v) is 2.81. The van der Waals surface area contributed by atoms with Crippen LogP contribution in [0, 0.1) is 17.2 Å². The molecule has 0 amide bonds. The van der Waals surface area contributed by atoms with Crippen LogP contribution in [0.5, 0.6) is 5.75 Å². The summed E-state index contributed by atoms with van der Waals surface area (Å²) in [5, 5.41) is 9.40. The normalized spacial score (nSPS) is 16.2. The Kier molecular flexibility index (Phi) is 4.91. The second-order valence-corrected chi connectivity index (χ2v) is 5.59. The van der Waals surface area contributed by atoms with E-state index >= 15 is 0 Å². The van der Waals surface area contributed by atoms with Gasteiger partial charge in [0.2, 0.25) is 5.88 Å². The van der Waals surface area contributed by atoms with Gasteiger partial charge >= 0.3 is 11.9 Å². The van der Waals surface area contributed by atoms with Crippen LogP contribution in [0.4, 0.5) is 0 Å². The minimum Gasteiger partial charge on any atom is -0.468 e. The van der Waals surface area contributed by atoms with E-state index < -0.39 is 23.8 Å². The Morgan fingerprint density at radius 3 is 2.48 bits per heavy atom. The van der Waals surface area contributed by atoms with Crippen molar-refractivity contribution in [3.63, 3.8) is 0 Å². The molecule has 0 spiro atoms. The van der Waals surface area contributed by atoms with Crippen LogP contribution in [0.1, 0.15) is 11.5 Å². The summed E-state index contributed by atoms with van der Waals surface area (Å²) >= 11 is 3.31. The molecule has 0 aliphatic carbocycles. The van der Waals surface area contributed by atoms with Gasteiger partial charge in [-0.1, -0.05) is 15.9 Å². The third kappa shape index (κ3) is 3.00. The second kappa shape index (κ2) is 6.71. The van der Waals surface area contributed by atoms with Crippen LogP contribution >= 0.6 is 15.9 Å². The summed E-state index contributed by atoms with van der Waals surface area (Å²) in [4.78, 5) is 24.3. The summed E-state index contributed by atoms with van der Waals surface area (Å²) in [5.74, 6) is -3.78. The molecule has 2 N–H and O–H groups in total.